The van der Waals surface area contributed by atoms with E-state index in [1.54, 1.807) is 0 Å². The van der Waals surface area contributed by atoms with E-state index in [0.717, 1.165) is 24.2 Å². The predicted molar refractivity (Wildman–Crippen MR) is 267 cm³/mol. The Kier molecular flexibility index (Phi) is 10.8. The SMILES string of the molecule is CCC1(CC)c2cc(/C=C/c3ccc(-c4ccc(C(c5ccccc5)(c5ccccc5)c5ccccc5)cc4)cc3)ccc2-c2ccc(N(c3ccccc3)c3ccccc3)cc21. The lowest BCUT2D eigenvalue weighted by atomic mass is 9.65. The molecule has 0 atom stereocenters. The second-order valence-corrected chi connectivity index (χ2v) is 16.7. The molecule has 0 fully saturated rings. The molecule has 1 aliphatic rings. The molecule has 0 N–H and O–H groups in total. The standard InChI is InChI=1S/C62H51N/c1-3-61(4-2)59-44-47(34-42-57(59)58-43-41-56(45-60(58)61)63(54-26-16-8-17-27-54)55-28-18-9-19-29-55)31-30-46-32-35-48(36-33-46)49-37-39-53(40-38-49)62(50-20-10-5-11-21-50,51-22-12-6-13-23-51)52-24-14-7-15-25-52/h5-45H,3-4H2,1-2H3/b31-30+. The minimum absolute atomic E-state index is 0.0658. The topological polar surface area (TPSA) is 3.24 Å². The number of fused-ring (bicyclic) bond motifs is 3. The molecule has 0 spiro atoms. The molecule has 0 heterocycles. The van der Waals surface area contributed by atoms with E-state index in [4.69, 9.17) is 0 Å². The first-order valence-electron chi connectivity index (χ1n) is 22.4. The van der Waals surface area contributed by atoms with Crippen molar-refractivity contribution in [3.05, 3.63) is 281 Å². The Hall–Kier alpha value is -7.48. The molecule has 0 saturated heterocycles. The summed E-state index contributed by atoms with van der Waals surface area (Å²) in [4.78, 5) is 2.38. The van der Waals surface area contributed by atoms with E-state index in [-0.39, 0.29) is 5.41 Å². The lowest BCUT2D eigenvalue weighted by molar-refractivity contribution is 0.490. The third-order valence-electron chi connectivity index (χ3n) is 13.5. The van der Waals surface area contributed by atoms with Crippen LogP contribution < -0.4 is 4.90 Å². The number of rotatable bonds is 12. The minimum atomic E-state index is -0.458. The van der Waals surface area contributed by atoms with Crippen molar-refractivity contribution < 1.29 is 0 Å². The van der Waals surface area contributed by atoms with E-state index in [2.05, 4.69) is 267 Å². The summed E-state index contributed by atoms with van der Waals surface area (Å²) in [6, 6.07) is 86.5. The van der Waals surface area contributed by atoms with Crippen LogP contribution in [0.25, 0.3) is 34.4 Å². The molecule has 0 unspecified atom stereocenters. The number of benzene rings is 9. The zero-order valence-corrected chi connectivity index (χ0v) is 36.0. The zero-order chi connectivity index (χ0) is 42.6. The fourth-order valence-electron chi connectivity index (χ4n) is 10.3. The summed E-state index contributed by atoms with van der Waals surface area (Å²) in [6.07, 6.45) is 6.59. The smallest absolute Gasteiger partial charge is 0.0701 e. The maximum atomic E-state index is 2.46. The van der Waals surface area contributed by atoms with E-state index >= 15 is 0 Å². The Morgan fingerprint density at radius 2 is 0.746 bits per heavy atom. The second-order valence-electron chi connectivity index (χ2n) is 16.7. The first-order chi connectivity index (χ1) is 31.1. The van der Waals surface area contributed by atoms with Gasteiger partial charge in [0.2, 0.25) is 0 Å². The molecule has 1 aliphatic carbocycles. The Labute approximate surface area is 373 Å². The van der Waals surface area contributed by atoms with E-state index in [9.17, 15) is 0 Å². The highest BCUT2D eigenvalue weighted by Crippen LogP contribution is 2.54. The first kappa shape index (κ1) is 39.6. The van der Waals surface area contributed by atoms with Crippen molar-refractivity contribution in [2.24, 2.45) is 0 Å². The minimum Gasteiger partial charge on any atom is -0.310 e. The summed E-state index contributed by atoms with van der Waals surface area (Å²) < 4.78 is 0. The summed E-state index contributed by atoms with van der Waals surface area (Å²) in [5, 5.41) is 0. The molecular weight excluding hydrogens is 759 g/mol. The maximum absolute atomic E-state index is 2.46. The van der Waals surface area contributed by atoms with Gasteiger partial charge in [0.15, 0.2) is 0 Å². The van der Waals surface area contributed by atoms with Gasteiger partial charge >= 0.3 is 0 Å². The van der Waals surface area contributed by atoms with Crippen LogP contribution in [0.1, 0.15) is 71.2 Å². The molecule has 0 saturated carbocycles. The Bertz CT molecular complexity index is 2830. The number of para-hydroxylation sites is 2. The van der Waals surface area contributed by atoms with Gasteiger partial charge in [-0.25, -0.2) is 0 Å². The fourth-order valence-corrected chi connectivity index (χ4v) is 10.3. The van der Waals surface area contributed by atoms with E-state index in [1.807, 2.05) is 0 Å². The van der Waals surface area contributed by atoms with Crippen molar-refractivity contribution >= 4 is 29.2 Å². The van der Waals surface area contributed by atoms with Crippen LogP contribution in [0.2, 0.25) is 0 Å². The molecule has 9 aromatic rings. The molecular formula is C62H51N. The summed E-state index contributed by atoms with van der Waals surface area (Å²) in [6.45, 7) is 4.70. The van der Waals surface area contributed by atoms with E-state index in [1.165, 1.54) is 72.4 Å². The molecule has 0 aromatic heterocycles. The van der Waals surface area contributed by atoms with E-state index < -0.39 is 5.41 Å². The van der Waals surface area contributed by atoms with Crippen molar-refractivity contribution in [3.63, 3.8) is 0 Å². The van der Waals surface area contributed by atoms with Crippen molar-refractivity contribution in [3.8, 4) is 22.3 Å². The van der Waals surface area contributed by atoms with Gasteiger partial charge in [-0.3, -0.25) is 0 Å². The van der Waals surface area contributed by atoms with E-state index in [0.29, 0.717) is 0 Å². The highest BCUT2D eigenvalue weighted by Gasteiger charge is 2.41. The highest BCUT2D eigenvalue weighted by molar-refractivity contribution is 5.87. The summed E-state index contributed by atoms with van der Waals surface area (Å²) in [5.41, 5.74) is 18.3. The third kappa shape index (κ3) is 7.10. The third-order valence-corrected chi connectivity index (χ3v) is 13.5. The zero-order valence-electron chi connectivity index (χ0n) is 36.0. The van der Waals surface area contributed by atoms with Crippen LogP contribution in [0.3, 0.4) is 0 Å². The summed E-state index contributed by atoms with van der Waals surface area (Å²) >= 11 is 0. The molecule has 1 heteroatoms. The molecule has 304 valence electrons. The molecule has 0 aliphatic heterocycles. The van der Waals surface area contributed by atoms with Crippen LogP contribution in [0.15, 0.2) is 237 Å². The average molecular weight is 810 g/mol. The predicted octanol–water partition coefficient (Wildman–Crippen LogP) is 16.5. The van der Waals surface area contributed by atoms with Crippen molar-refractivity contribution in [2.75, 3.05) is 4.90 Å². The Morgan fingerprint density at radius 1 is 0.365 bits per heavy atom. The van der Waals surface area contributed by atoms with Crippen molar-refractivity contribution in [2.45, 2.75) is 37.5 Å². The lowest BCUT2D eigenvalue weighted by Crippen LogP contribution is -2.30. The summed E-state index contributed by atoms with van der Waals surface area (Å²) in [7, 11) is 0. The molecule has 0 radical (unpaired) electrons. The van der Waals surface area contributed by atoms with Crippen LogP contribution in [-0.4, -0.2) is 0 Å². The number of hydrogen-bond donors (Lipinski definition) is 0. The van der Waals surface area contributed by atoms with Crippen LogP contribution in [0.5, 0.6) is 0 Å². The van der Waals surface area contributed by atoms with Gasteiger partial charge < -0.3 is 4.90 Å². The van der Waals surface area contributed by atoms with Crippen molar-refractivity contribution in [1.82, 2.24) is 0 Å². The van der Waals surface area contributed by atoms with Gasteiger partial charge in [0, 0.05) is 22.5 Å². The normalized spacial score (nSPS) is 12.8. The fraction of sp³-hybridized carbons (Fsp3) is 0.0968. The van der Waals surface area contributed by atoms with Gasteiger partial charge in [-0.2, -0.15) is 0 Å². The van der Waals surface area contributed by atoms with Gasteiger partial charge in [0.25, 0.3) is 0 Å². The molecule has 9 aromatic carbocycles. The Balaban J connectivity index is 0.930. The summed E-state index contributed by atoms with van der Waals surface area (Å²) in [5.74, 6) is 0. The molecule has 1 nitrogen and oxygen atoms in total. The van der Waals surface area contributed by atoms with Gasteiger partial charge in [0.1, 0.15) is 0 Å². The quantitative estimate of drug-likeness (QED) is 0.0878. The van der Waals surface area contributed by atoms with Gasteiger partial charge in [0.05, 0.1) is 5.41 Å². The largest absolute Gasteiger partial charge is 0.310 e. The van der Waals surface area contributed by atoms with Gasteiger partial charge in [-0.05, 0) is 116 Å². The molecule has 10 rings (SSSR count). The highest BCUT2D eigenvalue weighted by atomic mass is 15.1. The Morgan fingerprint density at radius 3 is 1.22 bits per heavy atom. The van der Waals surface area contributed by atoms with Crippen LogP contribution in [0, 0.1) is 0 Å². The molecule has 0 bridgehead atoms. The number of hydrogen-bond acceptors (Lipinski definition) is 1. The van der Waals surface area contributed by atoms with Crippen LogP contribution in [0.4, 0.5) is 17.1 Å². The average Bonchev–Trinajstić information content (AvgIpc) is 3.64. The molecule has 63 heavy (non-hydrogen) atoms. The second kappa shape index (κ2) is 17.1. The van der Waals surface area contributed by atoms with Gasteiger partial charge in [-0.1, -0.05) is 226 Å². The monoisotopic (exact) mass is 809 g/mol. The van der Waals surface area contributed by atoms with Crippen LogP contribution >= 0.6 is 0 Å². The number of nitrogens with zero attached hydrogens (tertiary/aromatic N) is 1. The van der Waals surface area contributed by atoms with Gasteiger partial charge in [-0.15, -0.1) is 0 Å². The maximum Gasteiger partial charge on any atom is 0.0701 e. The van der Waals surface area contributed by atoms with Crippen LogP contribution in [-0.2, 0) is 10.8 Å². The lowest BCUT2D eigenvalue weighted by Gasteiger charge is -2.37. The van der Waals surface area contributed by atoms with Crippen molar-refractivity contribution in [1.29, 1.82) is 0 Å². The first-order valence-corrected chi connectivity index (χ1v) is 22.4. The number of anilines is 3. The molecule has 0 amide bonds.